The fraction of sp³-hybridized carbons (Fsp3) is 0.588. The van der Waals surface area contributed by atoms with Crippen LogP contribution in [-0.4, -0.2) is 42.8 Å². The second-order valence-corrected chi connectivity index (χ2v) is 6.47. The van der Waals surface area contributed by atoms with Gasteiger partial charge in [0.2, 0.25) is 0 Å². The summed E-state index contributed by atoms with van der Waals surface area (Å²) in [6, 6.07) is 8.69. The maximum absolute atomic E-state index is 12.0. The Kier molecular flexibility index (Phi) is 4.76. The van der Waals surface area contributed by atoms with Crippen molar-refractivity contribution in [2.75, 3.05) is 31.1 Å². The summed E-state index contributed by atoms with van der Waals surface area (Å²) in [6.07, 6.45) is 0.857. The molecule has 1 amide bonds. The number of piperazine rings is 1. The number of carbonyl (C=O) groups is 1. The van der Waals surface area contributed by atoms with Gasteiger partial charge < -0.3 is 14.5 Å². The minimum atomic E-state index is -0.426. The highest BCUT2D eigenvalue weighted by molar-refractivity contribution is 5.68. The van der Waals surface area contributed by atoms with Gasteiger partial charge in [-0.05, 0) is 44.9 Å². The van der Waals surface area contributed by atoms with Gasteiger partial charge in [0.1, 0.15) is 5.60 Å². The standard InChI is InChI=1S/C17H26N2O2/c1-5-14-6-8-15(9-7-14)18-10-12-19(13-11-18)16(20)21-17(2,3)4/h6-9H,5,10-13H2,1-4H3. The number of aryl methyl sites for hydroxylation is 1. The van der Waals surface area contributed by atoms with Crippen molar-refractivity contribution in [1.82, 2.24) is 4.90 Å². The van der Waals surface area contributed by atoms with Gasteiger partial charge in [0, 0.05) is 31.9 Å². The first kappa shape index (κ1) is 15.7. The summed E-state index contributed by atoms with van der Waals surface area (Å²) in [7, 11) is 0. The lowest BCUT2D eigenvalue weighted by Gasteiger charge is -2.36. The van der Waals surface area contributed by atoms with E-state index in [1.807, 2.05) is 20.8 Å². The summed E-state index contributed by atoms with van der Waals surface area (Å²) in [5.74, 6) is 0. The molecule has 0 bridgehead atoms. The molecule has 1 aliphatic heterocycles. The average Bonchev–Trinajstić information content (AvgIpc) is 2.46. The molecular weight excluding hydrogens is 264 g/mol. The maximum Gasteiger partial charge on any atom is 0.410 e. The van der Waals surface area contributed by atoms with Crippen LogP contribution in [-0.2, 0) is 11.2 Å². The summed E-state index contributed by atoms with van der Waals surface area (Å²) >= 11 is 0. The lowest BCUT2D eigenvalue weighted by atomic mass is 10.1. The number of benzene rings is 1. The Morgan fingerprint density at radius 1 is 1.10 bits per heavy atom. The van der Waals surface area contributed by atoms with E-state index in [0.29, 0.717) is 13.1 Å². The molecule has 0 saturated carbocycles. The third-order valence-corrected chi connectivity index (χ3v) is 3.64. The van der Waals surface area contributed by atoms with Gasteiger partial charge in [-0.15, -0.1) is 0 Å². The Balaban J connectivity index is 1.89. The van der Waals surface area contributed by atoms with Crippen LogP contribution in [0, 0.1) is 0 Å². The number of anilines is 1. The summed E-state index contributed by atoms with van der Waals surface area (Å²) in [5.41, 5.74) is 2.16. The second-order valence-electron chi connectivity index (χ2n) is 6.47. The lowest BCUT2D eigenvalue weighted by Crippen LogP contribution is -2.50. The van der Waals surface area contributed by atoms with Crippen molar-refractivity contribution in [2.24, 2.45) is 0 Å². The number of hydrogen-bond donors (Lipinski definition) is 0. The van der Waals surface area contributed by atoms with Gasteiger partial charge in [0.05, 0.1) is 0 Å². The Morgan fingerprint density at radius 2 is 1.67 bits per heavy atom. The summed E-state index contributed by atoms with van der Waals surface area (Å²) in [6.45, 7) is 11.0. The van der Waals surface area contributed by atoms with E-state index in [1.54, 1.807) is 4.90 Å². The van der Waals surface area contributed by atoms with Crippen molar-refractivity contribution in [3.63, 3.8) is 0 Å². The molecule has 4 heteroatoms. The van der Waals surface area contributed by atoms with Gasteiger partial charge >= 0.3 is 6.09 Å². The molecule has 1 aliphatic rings. The molecule has 1 saturated heterocycles. The molecule has 0 radical (unpaired) electrons. The van der Waals surface area contributed by atoms with Crippen LogP contribution >= 0.6 is 0 Å². The molecule has 4 nitrogen and oxygen atoms in total. The number of nitrogens with zero attached hydrogens (tertiary/aromatic N) is 2. The first-order chi connectivity index (χ1) is 9.89. The van der Waals surface area contributed by atoms with E-state index >= 15 is 0 Å². The van der Waals surface area contributed by atoms with Gasteiger partial charge in [-0.3, -0.25) is 0 Å². The van der Waals surface area contributed by atoms with Crippen LogP contribution in [0.1, 0.15) is 33.3 Å². The third-order valence-electron chi connectivity index (χ3n) is 3.64. The van der Waals surface area contributed by atoms with Crippen LogP contribution in [0.5, 0.6) is 0 Å². The van der Waals surface area contributed by atoms with Crippen LogP contribution in [0.25, 0.3) is 0 Å². The van der Waals surface area contributed by atoms with E-state index < -0.39 is 5.60 Å². The minimum Gasteiger partial charge on any atom is -0.444 e. The van der Waals surface area contributed by atoms with Gasteiger partial charge in [0.25, 0.3) is 0 Å². The molecule has 0 unspecified atom stereocenters. The number of amides is 1. The molecule has 0 aliphatic carbocycles. The molecule has 0 spiro atoms. The van der Waals surface area contributed by atoms with Crippen LogP contribution in [0.3, 0.4) is 0 Å². The fourth-order valence-corrected chi connectivity index (χ4v) is 2.42. The Labute approximate surface area is 127 Å². The van der Waals surface area contributed by atoms with Crippen LogP contribution in [0.2, 0.25) is 0 Å². The number of ether oxygens (including phenoxy) is 1. The van der Waals surface area contributed by atoms with E-state index in [1.165, 1.54) is 11.3 Å². The second kappa shape index (κ2) is 6.37. The van der Waals surface area contributed by atoms with Crippen LogP contribution in [0.4, 0.5) is 10.5 Å². The zero-order valence-electron chi connectivity index (χ0n) is 13.6. The molecule has 1 aromatic carbocycles. The van der Waals surface area contributed by atoms with Gasteiger partial charge in [-0.1, -0.05) is 19.1 Å². The number of hydrogen-bond acceptors (Lipinski definition) is 3. The molecule has 0 atom stereocenters. The zero-order chi connectivity index (χ0) is 15.5. The van der Waals surface area contributed by atoms with Crippen molar-refractivity contribution >= 4 is 11.8 Å². The summed E-state index contributed by atoms with van der Waals surface area (Å²) in [5, 5.41) is 0. The van der Waals surface area contributed by atoms with Crippen LogP contribution in [0.15, 0.2) is 24.3 Å². The monoisotopic (exact) mass is 290 g/mol. The molecule has 116 valence electrons. The Bertz CT molecular complexity index is 469. The lowest BCUT2D eigenvalue weighted by molar-refractivity contribution is 0.0240. The van der Waals surface area contributed by atoms with E-state index in [9.17, 15) is 4.79 Å². The summed E-state index contributed by atoms with van der Waals surface area (Å²) in [4.78, 5) is 16.1. The minimum absolute atomic E-state index is 0.205. The highest BCUT2D eigenvalue weighted by atomic mass is 16.6. The zero-order valence-corrected chi connectivity index (χ0v) is 13.6. The van der Waals surface area contributed by atoms with Gasteiger partial charge in [0.15, 0.2) is 0 Å². The fourth-order valence-electron chi connectivity index (χ4n) is 2.42. The van der Waals surface area contributed by atoms with E-state index in [4.69, 9.17) is 4.74 Å². The Morgan fingerprint density at radius 3 is 2.14 bits per heavy atom. The first-order valence-electron chi connectivity index (χ1n) is 7.71. The van der Waals surface area contributed by atoms with Crippen molar-refractivity contribution in [3.8, 4) is 0 Å². The SMILES string of the molecule is CCc1ccc(N2CCN(C(=O)OC(C)(C)C)CC2)cc1. The molecule has 2 rings (SSSR count). The predicted octanol–water partition coefficient (Wildman–Crippen LogP) is 3.31. The van der Waals surface area contributed by atoms with E-state index in [0.717, 1.165) is 19.5 Å². The average molecular weight is 290 g/mol. The van der Waals surface area contributed by atoms with Crippen molar-refractivity contribution < 1.29 is 9.53 Å². The predicted molar refractivity (Wildman–Crippen MR) is 85.8 cm³/mol. The molecule has 1 heterocycles. The van der Waals surface area contributed by atoms with Crippen LogP contribution < -0.4 is 4.90 Å². The van der Waals surface area contributed by atoms with E-state index in [-0.39, 0.29) is 6.09 Å². The molecule has 21 heavy (non-hydrogen) atoms. The molecule has 1 fully saturated rings. The molecule has 0 N–H and O–H groups in total. The number of rotatable bonds is 2. The largest absolute Gasteiger partial charge is 0.444 e. The highest BCUT2D eigenvalue weighted by Gasteiger charge is 2.25. The maximum atomic E-state index is 12.0. The molecular formula is C17H26N2O2. The number of carbonyl (C=O) groups excluding carboxylic acids is 1. The van der Waals surface area contributed by atoms with Crippen molar-refractivity contribution in [3.05, 3.63) is 29.8 Å². The first-order valence-corrected chi connectivity index (χ1v) is 7.71. The van der Waals surface area contributed by atoms with E-state index in [2.05, 4.69) is 36.1 Å². The van der Waals surface area contributed by atoms with Gasteiger partial charge in [-0.2, -0.15) is 0 Å². The Hall–Kier alpha value is -1.71. The van der Waals surface area contributed by atoms with Gasteiger partial charge in [-0.25, -0.2) is 4.79 Å². The molecule has 0 aromatic heterocycles. The smallest absolute Gasteiger partial charge is 0.410 e. The quantitative estimate of drug-likeness (QED) is 0.838. The highest BCUT2D eigenvalue weighted by Crippen LogP contribution is 2.18. The summed E-state index contributed by atoms with van der Waals surface area (Å²) < 4.78 is 5.42. The normalized spacial score (nSPS) is 16.0. The third kappa shape index (κ3) is 4.38. The molecule has 1 aromatic rings. The topological polar surface area (TPSA) is 32.8 Å². The van der Waals surface area contributed by atoms with Crippen molar-refractivity contribution in [1.29, 1.82) is 0 Å². The van der Waals surface area contributed by atoms with Crippen molar-refractivity contribution in [2.45, 2.75) is 39.7 Å².